The van der Waals surface area contributed by atoms with Gasteiger partial charge in [-0.2, -0.15) is 0 Å². The molecule has 1 atom stereocenters. The molecule has 1 saturated heterocycles. The average molecular weight is 399 g/mol. The molecule has 146 valence electrons. The van der Waals surface area contributed by atoms with E-state index in [4.69, 9.17) is 9.26 Å². The lowest BCUT2D eigenvalue weighted by Gasteiger charge is -2.32. The van der Waals surface area contributed by atoms with Crippen molar-refractivity contribution in [3.63, 3.8) is 0 Å². The molecule has 0 aliphatic carbocycles. The van der Waals surface area contributed by atoms with Gasteiger partial charge in [-0.15, -0.1) is 11.3 Å². The van der Waals surface area contributed by atoms with E-state index >= 15 is 0 Å². The normalized spacial score (nSPS) is 17.1. The zero-order valence-electron chi connectivity index (χ0n) is 15.8. The number of aromatic nitrogens is 4. The minimum Gasteiger partial charge on any atom is -0.375 e. The number of thiazole rings is 1. The molecule has 28 heavy (non-hydrogen) atoms. The summed E-state index contributed by atoms with van der Waals surface area (Å²) >= 11 is 1.43. The fourth-order valence-corrected chi connectivity index (χ4v) is 3.91. The number of carbonyl (C=O) groups excluding carboxylic acids is 1. The van der Waals surface area contributed by atoms with Crippen LogP contribution in [0.1, 0.15) is 34.1 Å². The van der Waals surface area contributed by atoms with Crippen molar-refractivity contribution in [2.75, 3.05) is 19.7 Å². The van der Waals surface area contributed by atoms with Crippen LogP contribution in [0, 0.1) is 13.8 Å². The lowest BCUT2D eigenvalue weighted by atomic mass is 10.1. The Kier molecular flexibility index (Phi) is 5.45. The summed E-state index contributed by atoms with van der Waals surface area (Å²) < 4.78 is 11.1. The predicted molar refractivity (Wildman–Crippen MR) is 103 cm³/mol. The number of carbonyl (C=O) groups is 1. The monoisotopic (exact) mass is 399 g/mol. The number of aryl methyl sites for hydroxylation is 3. The number of morpholine rings is 1. The second-order valence-electron chi connectivity index (χ2n) is 6.75. The molecule has 8 nitrogen and oxygen atoms in total. The molecule has 0 saturated carbocycles. The van der Waals surface area contributed by atoms with Crippen molar-refractivity contribution in [2.45, 2.75) is 32.8 Å². The van der Waals surface area contributed by atoms with E-state index < -0.39 is 0 Å². The molecule has 1 aliphatic heterocycles. The third kappa shape index (κ3) is 3.95. The summed E-state index contributed by atoms with van der Waals surface area (Å²) in [6.07, 6.45) is 3.06. The van der Waals surface area contributed by atoms with E-state index in [0.717, 1.165) is 41.2 Å². The zero-order valence-corrected chi connectivity index (χ0v) is 16.6. The van der Waals surface area contributed by atoms with Crippen LogP contribution in [-0.2, 0) is 11.2 Å². The average Bonchev–Trinajstić information content (AvgIpc) is 3.36. The number of ether oxygens (including phenoxy) is 1. The highest BCUT2D eigenvalue weighted by atomic mass is 32.1. The highest BCUT2D eigenvalue weighted by Gasteiger charge is 2.26. The van der Waals surface area contributed by atoms with Gasteiger partial charge in [-0.25, -0.2) is 15.0 Å². The molecule has 4 heterocycles. The Morgan fingerprint density at radius 2 is 2.21 bits per heavy atom. The first-order valence-corrected chi connectivity index (χ1v) is 10.1. The van der Waals surface area contributed by atoms with Gasteiger partial charge in [0.05, 0.1) is 35.2 Å². The summed E-state index contributed by atoms with van der Waals surface area (Å²) in [5.74, 6) is 0.714. The van der Waals surface area contributed by atoms with Crippen LogP contribution >= 0.6 is 11.3 Å². The maximum Gasteiger partial charge on any atom is 0.273 e. The maximum atomic E-state index is 12.5. The SMILES string of the molecule is Cc1noc(C)c1-c1cc(CCC2CN(C(=O)c3cscn3)CCO2)ncn1. The summed E-state index contributed by atoms with van der Waals surface area (Å²) in [5, 5.41) is 5.77. The van der Waals surface area contributed by atoms with Crippen molar-refractivity contribution in [1.29, 1.82) is 0 Å². The van der Waals surface area contributed by atoms with Gasteiger partial charge in [0.25, 0.3) is 5.91 Å². The van der Waals surface area contributed by atoms with Crippen LogP contribution < -0.4 is 0 Å². The first kappa shape index (κ1) is 18.7. The minimum absolute atomic E-state index is 0.0196. The van der Waals surface area contributed by atoms with Gasteiger partial charge in [0.1, 0.15) is 17.8 Å². The third-order valence-electron chi connectivity index (χ3n) is 4.81. The first-order chi connectivity index (χ1) is 13.6. The molecule has 3 aromatic rings. The molecule has 1 amide bonds. The van der Waals surface area contributed by atoms with Gasteiger partial charge in [0.2, 0.25) is 0 Å². The van der Waals surface area contributed by atoms with E-state index in [2.05, 4.69) is 20.1 Å². The van der Waals surface area contributed by atoms with Gasteiger partial charge < -0.3 is 14.2 Å². The smallest absolute Gasteiger partial charge is 0.273 e. The molecule has 1 aliphatic rings. The summed E-state index contributed by atoms with van der Waals surface area (Å²) in [6.45, 7) is 5.47. The van der Waals surface area contributed by atoms with Crippen molar-refractivity contribution in [3.8, 4) is 11.3 Å². The van der Waals surface area contributed by atoms with Crippen molar-refractivity contribution in [3.05, 3.63) is 46.1 Å². The Morgan fingerprint density at radius 1 is 1.32 bits per heavy atom. The van der Waals surface area contributed by atoms with Crippen LogP contribution in [0.2, 0.25) is 0 Å². The van der Waals surface area contributed by atoms with Gasteiger partial charge in [-0.05, 0) is 32.8 Å². The van der Waals surface area contributed by atoms with Crippen LogP contribution in [-0.4, -0.2) is 56.7 Å². The lowest BCUT2D eigenvalue weighted by Crippen LogP contribution is -2.45. The number of hydrogen-bond donors (Lipinski definition) is 0. The van der Waals surface area contributed by atoms with Gasteiger partial charge in [0, 0.05) is 24.2 Å². The number of hydrogen-bond acceptors (Lipinski definition) is 8. The third-order valence-corrected chi connectivity index (χ3v) is 5.40. The van der Waals surface area contributed by atoms with Crippen molar-refractivity contribution >= 4 is 17.2 Å². The summed E-state index contributed by atoms with van der Waals surface area (Å²) in [6, 6.07) is 1.97. The Bertz CT molecular complexity index is 937. The second-order valence-corrected chi connectivity index (χ2v) is 7.47. The lowest BCUT2D eigenvalue weighted by molar-refractivity contribution is -0.0248. The fourth-order valence-electron chi connectivity index (χ4n) is 3.39. The predicted octanol–water partition coefficient (Wildman–Crippen LogP) is 2.68. The second kappa shape index (κ2) is 8.15. The van der Waals surface area contributed by atoms with Crippen molar-refractivity contribution < 1.29 is 14.1 Å². The first-order valence-electron chi connectivity index (χ1n) is 9.15. The fraction of sp³-hybridized carbons (Fsp3) is 0.421. The van der Waals surface area contributed by atoms with Gasteiger partial charge in [0.15, 0.2) is 0 Å². The number of rotatable bonds is 5. The molecule has 0 N–H and O–H groups in total. The maximum absolute atomic E-state index is 12.5. The highest BCUT2D eigenvalue weighted by Crippen LogP contribution is 2.25. The molecule has 0 spiro atoms. The molecule has 4 rings (SSSR count). The Hall–Kier alpha value is -2.65. The molecular weight excluding hydrogens is 378 g/mol. The molecule has 1 fully saturated rings. The summed E-state index contributed by atoms with van der Waals surface area (Å²) in [5.41, 5.74) is 5.65. The van der Waals surface area contributed by atoms with E-state index in [1.807, 2.05) is 24.8 Å². The molecule has 0 aromatic carbocycles. The van der Waals surface area contributed by atoms with Gasteiger partial charge in [-0.3, -0.25) is 4.79 Å². The number of nitrogens with zero attached hydrogens (tertiary/aromatic N) is 5. The topological polar surface area (TPSA) is 94.2 Å². The molecule has 0 bridgehead atoms. The van der Waals surface area contributed by atoms with Crippen LogP contribution in [0.15, 0.2) is 27.8 Å². The van der Waals surface area contributed by atoms with E-state index in [1.54, 1.807) is 17.2 Å². The Morgan fingerprint density at radius 3 is 2.96 bits per heavy atom. The quantitative estimate of drug-likeness (QED) is 0.651. The Labute approximate surface area is 166 Å². The van der Waals surface area contributed by atoms with Crippen molar-refractivity contribution in [1.82, 2.24) is 25.0 Å². The van der Waals surface area contributed by atoms with Crippen LogP contribution in [0.5, 0.6) is 0 Å². The standard InChI is InChI=1S/C19H21N5O3S/c1-12-18(13(2)27-23-12)16-7-14(20-10-21-16)3-4-15-8-24(5-6-26-15)19(25)17-9-28-11-22-17/h7,9-11,15H,3-6,8H2,1-2H3. The van der Waals surface area contributed by atoms with Gasteiger partial charge >= 0.3 is 0 Å². The number of amides is 1. The van der Waals surface area contributed by atoms with E-state index in [1.165, 1.54) is 11.3 Å². The van der Waals surface area contributed by atoms with E-state index in [-0.39, 0.29) is 12.0 Å². The summed E-state index contributed by atoms with van der Waals surface area (Å²) in [7, 11) is 0. The van der Waals surface area contributed by atoms with Crippen LogP contribution in [0.25, 0.3) is 11.3 Å². The molecule has 9 heteroatoms. The van der Waals surface area contributed by atoms with Crippen LogP contribution in [0.4, 0.5) is 0 Å². The highest BCUT2D eigenvalue weighted by molar-refractivity contribution is 7.07. The van der Waals surface area contributed by atoms with Crippen molar-refractivity contribution in [2.24, 2.45) is 0 Å². The van der Waals surface area contributed by atoms with E-state index in [9.17, 15) is 4.79 Å². The molecule has 1 unspecified atom stereocenters. The van der Waals surface area contributed by atoms with Gasteiger partial charge in [-0.1, -0.05) is 5.16 Å². The largest absolute Gasteiger partial charge is 0.375 e. The molecule has 3 aromatic heterocycles. The van der Waals surface area contributed by atoms with Crippen LogP contribution in [0.3, 0.4) is 0 Å². The van der Waals surface area contributed by atoms with E-state index in [0.29, 0.717) is 25.4 Å². The minimum atomic E-state index is -0.0303. The zero-order chi connectivity index (χ0) is 19.5. The molecular formula is C19H21N5O3S. The summed E-state index contributed by atoms with van der Waals surface area (Å²) in [4.78, 5) is 27.2. The molecule has 0 radical (unpaired) electrons. The Balaban J connectivity index is 1.39.